The number of fused-ring (bicyclic) bond motifs is 3. The van der Waals surface area contributed by atoms with Crippen LogP contribution in [-0.4, -0.2) is 288 Å². The number of alkyl halides is 8. The summed E-state index contributed by atoms with van der Waals surface area (Å²) in [5.74, 6) is -16.2. The summed E-state index contributed by atoms with van der Waals surface area (Å²) in [5.41, 5.74) is -2.36. The Morgan fingerprint density at radius 1 is 0.622 bits per heavy atom. The van der Waals surface area contributed by atoms with Crippen molar-refractivity contribution in [3.63, 3.8) is 0 Å². The second-order valence-corrected chi connectivity index (χ2v) is 34.0. The van der Waals surface area contributed by atoms with E-state index in [4.69, 9.17) is 4.74 Å². The molecule has 25 nitrogen and oxygen atoms in total. The molecule has 12 atom stereocenters. The van der Waals surface area contributed by atoms with Crippen molar-refractivity contribution in [3.8, 4) is 0 Å². The van der Waals surface area contributed by atoms with E-state index in [9.17, 15) is 50.3 Å². The van der Waals surface area contributed by atoms with Crippen LogP contribution in [0.1, 0.15) is 196 Å². The SMILES string of the molecule is CCC[C@H]1C(=O)N[C@@H]([C@@H](C)CC)C(=O)N(C2CC2)CC(=O)N(C)[C@H]2C/C=C\CCN(C2=O)[C@@H](CC2CCC(C(F)(F)F)CC2)C(=O)N(C)CC(=O)N[C@@H](CCC2CC(F)C(C(F)(F)F)C(F)C2)C(=O)N2C[C@H](OCC)C[C@H]2C(=O)NC2(CC(C)(C)C2)C(=O)N(C)[C@@H](CC2CCC2)C(=O)N(C)[C@H](C(=O)N(C)C)CC(=O)N1C. The standard InChI is InChI=1S/C78H120F8N12O13/c1-14-21-55-66(102)88-65(45(4)15-2)73(109)97(50-30-31-50)42-63(101)93(11)56-24-18-17-19-33-96(72(56)108)60(37-47-25-28-49(29-26-47)77(81,82)83)70(106)91(9)41-61(99)87-54(32-27-48-34-52(79)64(53(80)35-48)78(84,85)86)68(104)98-40-51(111-16-3)38-57(98)67(103)89-76(43-75(5,6)44-76)74(110)95(13)58(36-46-22-20-23-46)71(107)94(12)59(69(105)90(7)8)39-62(100)92(55)10/h17-18,45-60,64-65H,14-16,19-44H2,1-13H3,(H,87,99)(H,88,102)(H,89,103)/b18-17-/t45-,47?,48?,49?,51+,52?,53?,54-,55-,56-,57-,58-,59-,60-,64?,65-/m0/s1. The van der Waals surface area contributed by atoms with Gasteiger partial charge in [-0.05, 0) is 145 Å². The number of nitrogens with one attached hydrogen (secondary N) is 3. The van der Waals surface area contributed by atoms with Gasteiger partial charge in [0, 0.05) is 81.5 Å². The Morgan fingerprint density at radius 2 is 1.24 bits per heavy atom. The van der Waals surface area contributed by atoms with Crippen LogP contribution in [0.3, 0.4) is 0 Å². The third-order valence-electron chi connectivity index (χ3n) is 25.0. The van der Waals surface area contributed by atoms with E-state index in [1.807, 2.05) is 13.8 Å². The number of carbonyl (C=O) groups excluding carboxylic acids is 12. The van der Waals surface area contributed by atoms with Crippen molar-refractivity contribution in [1.82, 2.24) is 60.0 Å². The molecule has 111 heavy (non-hydrogen) atoms. The lowest BCUT2D eigenvalue weighted by molar-refractivity contribution is -0.219. The number of rotatable bonds is 15. The molecule has 8 rings (SSSR count). The first kappa shape index (κ1) is 89.3. The van der Waals surface area contributed by atoms with Gasteiger partial charge in [-0.1, -0.05) is 78.9 Å². The Kier molecular flexibility index (Phi) is 30.1. The van der Waals surface area contributed by atoms with Gasteiger partial charge in [0.25, 0.3) is 0 Å². The number of carbonyl (C=O) groups is 12. The van der Waals surface area contributed by atoms with Gasteiger partial charge in [0.05, 0.1) is 25.0 Å². The Bertz CT molecular complexity index is 3370. The van der Waals surface area contributed by atoms with Crippen molar-refractivity contribution in [3.05, 3.63) is 12.2 Å². The number of amides is 12. The summed E-state index contributed by atoms with van der Waals surface area (Å²) >= 11 is 0. The van der Waals surface area contributed by atoms with Gasteiger partial charge in [-0.15, -0.1) is 0 Å². The van der Waals surface area contributed by atoms with Crippen LogP contribution in [0.4, 0.5) is 35.1 Å². The fraction of sp³-hybridized carbons (Fsp3) is 0.821. The lowest BCUT2D eigenvalue weighted by Crippen LogP contribution is -2.71. The molecule has 8 aliphatic rings. The Hall–Kier alpha value is -7.22. The maximum atomic E-state index is 15.7. The van der Waals surface area contributed by atoms with Crippen LogP contribution in [0, 0.1) is 40.9 Å². The van der Waals surface area contributed by atoms with E-state index < -0.39 is 235 Å². The molecule has 3 heterocycles. The third-order valence-corrected chi connectivity index (χ3v) is 25.0. The number of nitrogens with zero attached hydrogens (tertiary/aromatic N) is 9. The summed E-state index contributed by atoms with van der Waals surface area (Å²) < 4.78 is 122. The normalized spacial score (nSPS) is 32.4. The third kappa shape index (κ3) is 21.6. The van der Waals surface area contributed by atoms with Crippen LogP contribution in [0.25, 0.3) is 0 Å². The zero-order valence-corrected chi connectivity index (χ0v) is 66.9. The smallest absolute Gasteiger partial charge is 0.377 e. The van der Waals surface area contributed by atoms with Gasteiger partial charge in [0.15, 0.2) is 0 Å². The van der Waals surface area contributed by atoms with Crippen molar-refractivity contribution in [2.24, 2.45) is 40.9 Å². The highest BCUT2D eigenvalue weighted by Gasteiger charge is 2.60. The molecule has 626 valence electrons. The van der Waals surface area contributed by atoms with Gasteiger partial charge in [-0.25, -0.2) is 8.78 Å². The first-order valence-corrected chi connectivity index (χ1v) is 40.0. The van der Waals surface area contributed by atoms with Crippen LogP contribution in [0.2, 0.25) is 0 Å². The highest BCUT2D eigenvalue weighted by atomic mass is 19.4. The summed E-state index contributed by atoms with van der Waals surface area (Å²) in [7, 11) is 9.61. The molecule has 0 aromatic carbocycles. The minimum Gasteiger partial charge on any atom is -0.377 e. The summed E-state index contributed by atoms with van der Waals surface area (Å²) in [4.78, 5) is 193. The summed E-state index contributed by atoms with van der Waals surface area (Å²) in [6.45, 7) is 8.89. The van der Waals surface area contributed by atoms with Crippen molar-refractivity contribution in [2.45, 2.75) is 286 Å². The van der Waals surface area contributed by atoms with E-state index in [1.54, 1.807) is 39.8 Å². The molecule has 33 heteroatoms. The van der Waals surface area contributed by atoms with Crippen LogP contribution in [0.15, 0.2) is 12.2 Å². The van der Waals surface area contributed by atoms with E-state index >= 15 is 42.3 Å². The molecule has 3 aliphatic heterocycles. The molecule has 0 aromatic rings. The van der Waals surface area contributed by atoms with E-state index in [0.29, 0.717) is 38.5 Å². The van der Waals surface area contributed by atoms with Crippen molar-refractivity contribution in [1.29, 1.82) is 0 Å². The van der Waals surface area contributed by atoms with E-state index in [0.717, 1.165) is 26.0 Å². The van der Waals surface area contributed by atoms with E-state index in [2.05, 4.69) is 16.0 Å². The minimum atomic E-state index is -5.22. The van der Waals surface area contributed by atoms with Crippen LogP contribution >= 0.6 is 0 Å². The van der Waals surface area contributed by atoms with E-state index in [1.165, 1.54) is 73.8 Å². The molecule has 7 fully saturated rings. The lowest BCUT2D eigenvalue weighted by Gasteiger charge is -2.54. The number of hydrogen-bond donors (Lipinski definition) is 3. The summed E-state index contributed by atoms with van der Waals surface area (Å²) in [6.07, 6.45) is -12.3. The van der Waals surface area contributed by atoms with Gasteiger partial charge in [0.2, 0.25) is 70.9 Å². The largest absolute Gasteiger partial charge is 0.397 e. The number of likely N-dealkylation sites (N-methyl/N-ethyl adjacent to an activating group) is 6. The quantitative estimate of drug-likeness (QED) is 0.108. The maximum Gasteiger partial charge on any atom is 0.397 e. The van der Waals surface area contributed by atoms with Gasteiger partial charge in [-0.2, -0.15) is 26.3 Å². The highest BCUT2D eigenvalue weighted by Crippen LogP contribution is 2.50. The Labute approximate surface area is 647 Å². The highest BCUT2D eigenvalue weighted by molar-refractivity contribution is 6.01. The van der Waals surface area contributed by atoms with Gasteiger partial charge >= 0.3 is 12.4 Å². The van der Waals surface area contributed by atoms with Crippen LogP contribution in [0.5, 0.6) is 0 Å². The van der Waals surface area contributed by atoms with Crippen LogP contribution in [-0.2, 0) is 62.3 Å². The first-order chi connectivity index (χ1) is 52.0. The first-order valence-electron chi connectivity index (χ1n) is 40.0. The predicted molar refractivity (Wildman–Crippen MR) is 393 cm³/mol. The molecular formula is C78H120F8N12O13. The molecule has 5 saturated carbocycles. The Balaban J connectivity index is 1.22. The minimum absolute atomic E-state index is 0.00161. The molecule has 12 amide bonds. The lowest BCUT2D eigenvalue weighted by atomic mass is 9.58. The average molecular weight is 1590 g/mol. The fourth-order valence-electron chi connectivity index (χ4n) is 18.0. The van der Waals surface area contributed by atoms with Gasteiger partial charge in [-0.3, -0.25) is 57.5 Å². The number of ether oxygens (including phenoxy) is 1. The monoisotopic (exact) mass is 1580 g/mol. The predicted octanol–water partition coefficient (Wildman–Crippen LogP) is 7.27. The second kappa shape index (κ2) is 37.4. The van der Waals surface area contributed by atoms with Crippen LogP contribution < -0.4 is 16.0 Å². The summed E-state index contributed by atoms with van der Waals surface area (Å²) in [5, 5.41) is 8.54. The summed E-state index contributed by atoms with van der Waals surface area (Å²) in [6, 6.07) is -11.8. The zero-order valence-electron chi connectivity index (χ0n) is 66.9. The molecule has 1 spiro atoms. The molecular weight excluding hydrogens is 1460 g/mol. The molecule has 2 bridgehead atoms. The van der Waals surface area contributed by atoms with E-state index in [-0.39, 0.29) is 109 Å². The van der Waals surface area contributed by atoms with Crippen molar-refractivity contribution < 1.29 is 97.4 Å². The molecule has 0 aromatic heterocycles. The molecule has 2 saturated heterocycles. The second-order valence-electron chi connectivity index (χ2n) is 34.0. The number of hydrogen-bond acceptors (Lipinski definition) is 13. The van der Waals surface area contributed by atoms with Gasteiger partial charge < -0.3 is 64.8 Å². The molecule has 5 aliphatic carbocycles. The van der Waals surface area contributed by atoms with Crippen molar-refractivity contribution >= 4 is 70.9 Å². The van der Waals surface area contributed by atoms with Gasteiger partial charge in [0.1, 0.15) is 78.7 Å². The van der Waals surface area contributed by atoms with Crippen molar-refractivity contribution in [2.75, 3.05) is 82.1 Å². The Morgan fingerprint density at radius 3 is 1.79 bits per heavy atom. The zero-order chi connectivity index (χ0) is 82.3. The maximum absolute atomic E-state index is 15.7. The number of halogens is 8. The molecule has 3 N–H and O–H groups in total. The topological polar surface area (TPSA) is 279 Å². The molecule has 2 unspecified atom stereocenters. The average Bonchev–Trinajstić information content (AvgIpc) is 1.04. The fourth-order valence-corrected chi connectivity index (χ4v) is 18.0. The molecule has 0 radical (unpaired) electrons.